The smallest absolute Gasteiger partial charge is 0.0703 e. The Bertz CT molecular complexity index is 1120. The molecule has 29 heavy (non-hydrogen) atoms. The number of hydrogen-bond acceptors (Lipinski definition) is 4. The number of benzene rings is 2. The van der Waals surface area contributed by atoms with Gasteiger partial charge in [-0.15, -0.1) is 0 Å². The molecule has 1 unspecified atom stereocenters. The Kier molecular flexibility index (Phi) is 4.93. The summed E-state index contributed by atoms with van der Waals surface area (Å²) in [5.41, 5.74) is 7.11. The van der Waals surface area contributed by atoms with Crippen molar-refractivity contribution in [3.8, 4) is 0 Å². The maximum absolute atomic E-state index is 4.56. The highest BCUT2D eigenvalue weighted by molar-refractivity contribution is 5.82. The van der Waals surface area contributed by atoms with E-state index in [-0.39, 0.29) is 0 Å². The highest BCUT2D eigenvalue weighted by Gasteiger charge is 2.20. The van der Waals surface area contributed by atoms with Crippen molar-refractivity contribution in [2.75, 3.05) is 5.32 Å². The van der Waals surface area contributed by atoms with E-state index in [0.29, 0.717) is 6.04 Å². The van der Waals surface area contributed by atoms with Gasteiger partial charge in [-0.3, -0.25) is 9.97 Å². The summed E-state index contributed by atoms with van der Waals surface area (Å²) in [5.74, 6) is 0. The van der Waals surface area contributed by atoms with Crippen LogP contribution in [0.3, 0.4) is 0 Å². The third-order valence-corrected chi connectivity index (χ3v) is 5.67. The molecule has 0 spiro atoms. The number of fused-ring (bicyclic) bond motifs is 2. The summed E-state index contributed by atoms with van der Waals surface area (Å²) in [6, 6.07) is 21.5. The zero-order chi connectivity index (χ0) is 19.5. The molecule has 0 radical (unpaired) electrons. The summed E-state index contributed by atoms with van der Waals surface area (Å²) in [6.07, 6.45) is 9.08. The third kappa shape index (κ3) is 3.98. The van der Waals surface area contributed by atoms with E-state index in [9.17, 15) is 0 Å². The van der Waals surface area contributed by atoms with Crippen LogP contribution in [0.15, 0.2) is 79.3 Å². The fourth-order valence-electron chi connectivity index (χ4n) is 4.09. The predicted octanol–water partition coefficient (Wildman–Crippen LogP) is 5.02. The van der Waals surface area contributed by atoms with Crippen LogP contribution in [0, 0.1) is 0 Å². The summed E-state index contributed by atoms with van der Waals surface area (Å²) in [4.78, 5) is 9.05. The average Bonchev–Trinajstić information content (AvgIpc) is 2.78. The van der Waals surface area contributed by atoms with Crippen LogP contribution in [0.4, 0.5) is 11.4 Å². The van der Waals surface area contributed by atoms with Gasteiger partial charge >= 0.3 is 0 Å². The number of hydrogen-bond donors (Lipinski definition) is 2. The maximum Gasteiger partial charge on any atom is 0.0703 e. The molecule has 5 rings (SSSR count). The molecule has 3 heterocycles. The lowest BCUT2D eigenvalue weighted by atomic mass is 9.93. The molecule has 4 aromatic rings. The molecule has 0 saturated carbocycles. The topological polar surface area (TPSA) is 49.8 Å². The molecule has 1 aliphatic rings. The van der Waals surface area contributed by atoms with E-state index in [1.54, 1.807) is 0 Å². The molecule has 2 aromatic heterocycles. The van der Waals surface area contributed by atoms with E-state index >= 15 is 0 Å². The van der Waals surface area contributed by atoms with E-state index in [1.165, 1.54) is 16.7 Å². The minimum Gasteiger partial charge on any atom is -0.353 e. The molecule has 144 valence electrons. The van der Waals surface area contributed by atoms with Crippen molar-refractivity contribution in [3.05, 3.63) is 95.9 Å². The maximum atomic E-state index is 4.56. The largest absolute Gasteiger partial charge is 0.353 e. The fourth-order valence-corrected chi connectivity index (χ4v) is 4.09. The Labute approximate surface area is 171 Å². The van der Waals surface area contributed by atoms with Crippen molar-refractivity contribution in [3.63, 3.8) is 0 Å². The Hall–Kier alpha value is -3.24. The second-order valence-electron chi connectivity index (χ2n) is 7.67. The second-order valence-corrected chi connectivity index (χ2v) is 7.67. The predicted molar refractivity (Wildman–Crippen MR) is 118 cm³/mol. The zero-order valence-corrected chi connectivity index (χ0v) is 16.3. The van der Waals surface area contributed by atoms with Crippen molar-refractivity contribution in [1.82, 2.24) is 15.3 Å². The number of aryl methyl sites for hydroxylation is 1. The van der Waals surface area contributed by atoms with Crippen molar-refractivity contribution in [1.29, 1.82) is 0 Å². The number of para-hydroxylation sites is 1. The molecule has 1 atom stereocenters. The molecule has 0 fully saturated rings. The number of nitrogens with one attached hydrogen (secondary N) is 2. The normalized spacial score (nSPS) is 15.8. The standard InChI is InChI=1S/C25H24N4/c1-2-6-18(7-3-1)10-11-21-13-20-14-26-17-25(23(20)16-27-21)29-22-12-19-8-4-5-9-24(19)28-15-22/h1-9,12,14-15,17,21,27,29H,10-11,13,16H2. The van der Waals surface area contributed by atoms with Crippen LogP contribution in [0.25, 0.3) is 10.9 Å². The molecule has 2 aromatic carbocycles. The Morgan fingerprint density at radius 3 is 2.76 bits per heavy atom. The van der Waals surface area contributed by atoms with Crippen LogP contribution in [0.5, 0.6) is 0 Å². The van der Waals surface area contributed by atoms with Crippen LogP contribution in [-0.2, 0) is 19.4 Å². The van der Waals surface area contributed by atoms with Crippen LogP contribution in [-0.4, -0.2) is 16.0 Å². The first-order valence-electron chi connectivity index (χ1n) is 10.2. The summed E-state index contributed by atoms with van der Waals surface area (Å²) < 4.78 is 0. The van der Waals surface area contributed by atoms with Gasteiger partial charge < -0.3 is 10.6 Å². The lowest BCUT2D eigenvalue weighted by molar-refractivity contribution is 0.452. The molecule has 2 N–H and O–H groups in total. The van der Waals surface area contributed by atoms with Gasteiger partial charge in [-0.25, -0.2) is 0 Å². The summed E-state index contributed by atoms with van der Waals surface area (Å²) in [5, 5.41) is 8.38. The van der Waals surface area contributed by atoms with E-state index in [1.807, 2.05) is 36.8 Å². The first-order valence-corrected chi connectivity index (χ1v) is 10.2. The highest BCUT2D eigenvalue weighted by Crippen LogP contribution is 2.28. The summed E-state index contributed by atoms with van der Waals surface area (Å²) in [6.45, 7) is 0.862. The highest BCUT2D eigenvalue weighted by atomic mass is 15.0. The summed E-state index contributed by atoms with van der Waals surface area (Å²) in [7, 11) is 0. The van der Waals surface area contributed by atoms with Gasteiger partial charge in [0.2, 0.25) is 0 Å². The van der Waals surface area contributed by atoms with Gasteiger partial charge in [-0.1, -0.05) is 48.5 Å². The third-order valence-electron chi connectivity index (χ3n) is 5.67. The minimum absolute atomic E-state index is 0.488. The number of aromatic nitrogens is 2. The Morgan fingerprint density at radius 2 is 1.83 bits per heavy atom. The SMILES string of the molecule is c1ccc(CCC2Cc3cncc(Nc4cnc5ccccc5c4)c3CN2)cc1. The Balaban J connectivity index is 1.31. The Morgan fingerprint density at radius 1 is 0.966 bits per heavy atom. The van der Waals surface area contributed by atoms with Gasteiger partial charge in [-0.05, 0) is 48.1 Å². The van der Waals surface area contributed by atoms with Gasteiger partial charge in [0.05, 0.1) is 29.3 Å². The quantitative estimate of drug-likeness (QED) is 0.510. The summed E-state index contributed by atoms with van der Waals surface area (Å²) >= 11 is 0. The lowest BCUT2D eigenvalue weighted by Crippen LogP contribution is -2.36. The van der Waals surface area contributed by atoms with Crippen molar-refractivity contribution in [2.24, 2.45) is 0 Å². The van der Waals surface area contributed by atoms with E-state index in [0.717, 1.165) is 48.1 Å². The monoisotopic (exact) mass is 380 g/mol. The van der Waals surface area contributed by atoms with Gasteiger partial charge in [0.25, 0.3) is 0 Å². The first kappa shape index (κ1) is 17.8. The molecular weight excluding hydrogens is 356 g/mol. The van der Waals surface area contributed by atoms with Crippen molar-refractivity contribution in [2.45, 2.75) is 31.8 Å². The second kappa shape index (κ2) is 8.02. The van der Waals surface area contributed by atoms with Crippen molar-refractivity contribution < 1.29 is 0 Å². The van der Waals surface area contributed by atoms with E-state index in [2.05, 4.69) is 63.1 Å². The van der Waals surface area contributed by atoms with E-state index < -0.39 is 0 Å². The van der Waals surface area contributed by atoms with Crippen LogP contribution in [0.1, 0.15) is 23.1 Å². The molecule has 0 aliphatic carbocycles. The van der Waals surface area contributed by atoms with Crippen LogP contribution < -0.4 is 10.6 Å². The molecule has 0 amide bonds. The number of anilines is 2. The molecule has 4 nitrogen and oxygen atoms in total. The van der Waals surface area contributed by atoms with Crippen molar-refractivity contribution >= 4 is 22.3 Å². The van der Waals surface area contributed by atoms with Gasteiger partial charge in [0.1, 0.15) is 0 Å². The first-order chi connectivity index (χ1) is 14.3. The molecule has 1 aliphatic heterocycles. The molecular formula is C25H24N4. The van der Waals surface area contributed by atoms with Gasteiger partial charge in [0.15, 0.2) is 0 Å². The van der Waals surface area contributed by atoms with Gasteiger partial charge in [0, 0.05) is 24.2 Å². The lowest BCUT2D eigenvalue weighted by Gasteiger charge is -2.27. The number of pyridine rings is 2. The number of nitrogens with zero attached hydrogens (tertiary/aromatic N) is 2. The average molecular weight is 380 g/mol. The molecule has 4 heteroatoms. The van der Waals surface area contributed by atoms with E-state index in [4.69, 9.17) is 0 Å². The molecule has 0 saturated heterocycles. The minimum atomic E-state index is 0.488. The molecule has 0 bridgehead atoms. The fraction of sp³-hybridized carbons (Fsp3) is 0.200. The van der Waals surface area contributed by atoms with Gasteiger partial charge in [-0.2, -0.15) is 0 Å². The number of rotatable bonds is 5. The van der Waals surface area contributed by atoms with Crippen LogP contribution in [0.2, 0.25) is 0 Å². The van der Waals surface area contributed by atoms with Crippen LogP contribution >= 0.6 is 0 Å². The zero-order valence-electron chi connectivity index (χ0n) is 16.3.